The predicted molar refractivity (Wildman–Crippen MR) is 70.3 cm³/mol. The standard InChI is InChI=1S/C13H18O5S/c1-10(4-9-13(14)17-2)11-5-7-12(8-6-11)19(15,16)18-3/h5-8,10H,4,9H2,1-3H3. The lowest BCUT2D eigenvalue weighted by atomic mass is 9.96. The van der Waals surface area contributed by atoms with E-state index in [1.165, 1.54) is 19.2 Å². The molecule has 0 spiro atoms. The van der Waals surface area contributed by atoms with Gasteiger partial charge in [-0.1, -0.05) is 19.1 Å². The summed E-state index contributed by atoms with van der Waals surface area (Å²) in [5.74, 6) is -0.0937. The molecule has 0 aromatic heterocycles. The molecule has 0 radical (unpaired) electrons. The van der Waals surface area contributed by atoms with Crippen LogP contribution in [0, 0.1) is 0 Å². The molecule has 0 saturated heterocycles. The number of ether oxygens (including phenoxy) is 1. The first-order valence-electron chi connectivity index (χ1n) is 5.88. The highest BCUT2D eigenvalue weighted by Gasteiger charge is 2.14. The minimum Gasteiger partial charge on any atom is -0.469 e. The van der Waals surface area contributed by atoms with Gasteiger partial charge in [-0.3, -0.25) is 8.98 Å². The van der Waals surface area contributed by atoms with Gasteiger partial charge in [0.1, 0.15) is 0 Å². The molecule has 0 saturated carbocycles. The van der Waals surface area contributed by atoms with Crippen LogP contribution < -0.4 is 0 Å². The van der Waals surface area contributed by atoms with Crippen molar-refractivity contribution < 1.29 is 22.1 Å². The fourth-order valence-corrected chi connectivity index (χ4v) is 2.32. The molecule has 6 heteroatoms. The molecule has 0 N–H and O–H groups in total. The summed E-state index contributed by atoms with van der Waals surface area (Å²) in [6.45, 7) is 1.97. The molecule has 0 amide bonds. The molecule has 5 nitrogen and oxygen atoms in total. The first-order chi connectivity index (χ1) is 8.90. The van der Waals surface area contributed by atoms with Crippen LogP contribution in [0.25, 0.3) is 0 Å². The quantitative estimate of drug-likeness (QED) is 0.591. The van der Waals surface area contributed by atoms with Gasteiger partial charge in [0.15, 0.2) is 0 Å². The normalized spacial score (nSPS) is 13.0. The molecule has 1 aromatic carbocycles. The Balaban J connectivity index is 2.74. The van der Waals surface area contributed by atoms with Crippen LogP contribution in [0.1, 0.15) is 31.2 Å². The average molecular weight is 286 g/mol. The maximum Gasteiger partial charge on any atom is 0.305 e. The van der Waals surface area contributed by atoms with Crippen molar-refractivity contribution in [2.75, 3.05) is 14.2 Å². The molecule has 1 unspecified atom stereocenters. The Labute approximate surface area is 113 Å². The van der Waals surface area contributed by atoms with Gasteiger partial charge in [-0.25, -0.2) is 0 Å². The zero-order valence-electron chi connectivity index (χ0n) is 11.3. The molecule has 0 heterocycles. The third-order valence-corrected chi connectivity index (χ3v) is 4.25. The number of carbonyl (C=O) groups excluding carboxylic acids is 1. The van der Waals surface area contributed by atoms with Gasteiger partial charge >= 0.3 is 5.97 Å². The number of methoxy groups -OCH3 is 1. The van der Waals surface area contributed by atoms with Crippen LogP contribution >= 0.6 is 0 Å². The van der Waals surface area contributed by atoms with E-state index >= 15 is 0 Å². The second-order valence-corrected chi connectivity index (χ2v) is 5.92. The number of benzene rings is 1. The Hall–Kier alpha value is -1.40. The lowest BCUT2D eigenvalue weighted by Gasteiger charge is -2.11. The van der Waals surface area contributed by atoms with Crippen molar-refractivity contribution >= 4 is 16.1 Å². The highest BCUT2D eigenvalue weighted by Crippen LogP contribution is 2.22. The Morgan fingerprint density at radius 1 is 1.21 bits per heavy atom. The lowest BCUT2D eigenvalue weighted by Crippen LogP contribution is -2.05. The zero-order valence-corrected chi connectivity index (χ0v) is 12.1. The minimum atomic E-state index is -3.64. The van der Waals surface area contributed by atoms with Crippen molar-refractivity contribution in [3.8, 4) is 0 Å². The molecule has 0 aliphatic rings. The van der Waals surface area contributed by atoms with Crippen LogP contribution in [0.2, 0.25) is 0 Å². The van der Waals surface area contributed by atoms with Crippen molar-refractivity contribution in [3.63, 3.8) is 0 Å². The van der Waals surface area contributed by atoms with Crippen LogP contribution in [0.3, 0.4) is 0 Å². The van der Waals surface area contributed by atoms with Gasteiger partial charge in [-0.05, 0) is 30.0 Å². The first kappa shape index (κ1) is 15.7. The zero-order chi connectivity index (χ0) is 14.5. The van der Waals surface area contributed by atoms with E-state index in [-0.39, 0.29) is 16.8 Å². The summed E-state index contributed by atoms with van der Waals surface area (Å²) in [5, 5.41) is 0. The molecule has 1 aromatic rings. The monoisotopic (exact) mass is 286 g/mol. The fourth-order valence-electron chi connectivity index (χ4n) is 1.66. The number of hydrogen-bond acceptors (Lipinski definition) is 5. The van der Waals surface area contributed by atoms with Gasteiger partial charge in [0.05, 0.1) is 19.1 Å². The molecule has 0 fully saturated rings. The summed E-state index contributed by atoms with van der Waals surface area (Å²) in [6, 6.07) is 6.47. The minimum absolute atomic E-state index is 0.124. The number of rotatable bonds is 6. The summed E-state index contributed by atoms with van der Waals surface area (Å²) >= 11 is 0. The molecule has 19 heavy (non-hydrogen) atoms. The average Bonchev–Trinajstić information content (AvgIpc) is 2.44. The highest BCUT2D eigenvalue weighted by atomic mass is 32.2. The summed E-state index contributed by atoms with van der Waals surface area (Å²) in [6.07, 6.45) is 0.999. The summed E-state index contributed by atoms with van der Waals surface area (Å²) in [7, 11) is -1.16. The highest BCUT2D eigenvalue weighted by molar-refractivity contribution is 7.86. The molecule has 0 aliphatic heterocycles. The summed E-state index contributed by atoms with van der Waals surface area (Å²) < 4.78 is 31.9. The molecule has 0 aliphatic carbocycles. The molecular weight excluding hydrogens is 268 g/mol. The maximum atomic E-state index is 11.5. The molecular formula is C13H18O5S. The first-order valence-corrected chi connectivity index (χ1v) is 7.29. The van der Waals surface area contributed by atoms with Crippen molar-refractivity contribution in [1.82, 2.24) is 0 Å². The van der Waals surface area contributed by atoms with E-state index in [1.807, 2.05) is 6.92 Å². The van der Waals surface area contributed by atoms with Crippen molar-refractivity contribution in [1.29, 1.82) is 0 Å². The largest absolute Gasteiger partial charge is 0.469 e. The topological polar surface area (TPSA) is 69.7 Å². The van der Waals surface area contributed by atoms with Gasteiger partial charge < -0.3 is 4.74 Å². The molecule has 1 rings (SSSR count). The van der Waals surface area contributed by atoms with Gasteiger partial charge in [-0.15, -0.1) is 0 Å². The van der Waals surface area contributed by atoms with Crippen molar-refractivity contribution in [2.45, 2.75) is 30.6 Å². The third-order valence-electron chi connectivity index (χ3n) is 2.97. The van der Waals surface area contributed by atoms with Crippen LogP contribution in [0.4, 0.5) is 0 Å². The van der Waals surface area contributed by atoms with E-state index in [0.29, 0.717) is 12.8 Å². The summed E-state index contributed by atoms with van der Waals surface area (Å²) in [4.78, 5) is 11.2. The second kappa shape index (κ2) is 6.68. The second-order valence-electron chi connectivity index (χ2n) is 4.21. The van der Waals surface area contributed by atoms with E-state index in [4.69, 9.17) is 0 Å². The van der Waals surface area contributed by atoms with Crippen LogP contribution in [0.5, 0.6) is 0 Å². The van der Waals surface area contributed by atoms with Crippen LogP contribution in [-0.2, 0) is 23.8 Å². The van der Waals surface area contributed by atoms with E-state index < -0.39 is 10.1 Å². The van der Waals surface area contributed by atoms with Gasteiger partial charge in [0.2, 0.25) is 0 Å². The molecule has 0 bridgehead atoms. The van der Waals surface area contributed by atoms with Gasteiger partial charge in [-0.2, -0.15) is 8.42 Å². The predicted octanol–water partition coefficient (Wildman–Crippen LogP) is 2.08. The maximum absolute atomic E-state index is 11.5. The fraction of sp³-hybridized carbons (Fsp3) is 0.462. The Morgan fingerprint density at radius 3 is 2.26 bits per heavy atom. The van der Waals surface area contributed by atoms with E-state index in [2.05, 4.69) is 8.92 Å². The smallest absolute Gasteiger partial charge is 0.305 e. The lowest BCUT2D eigenvalue weighted by molar-refractivity contribution is -0.140. The number of carbonyl (C=O) groups is 1. The Morgan fingerprint density at radius 2 is 1.79 bits per heavy atom. The van der Waals surface area contributed by atoms with Gasteiger partial charge in [0.25, 0.3) is 10.1 Å². The van der Waals surface area contributed by atoms with Crippen molar-refractivity contribution in [2.24, 2.45) is 0 Å². The van der Waals surface area contributed by atoms with Crippen LogP contribution in [-0.4, -0.2) is 28.6 Å². The molecule has 1 atom stereocenters. The number of hydrogen-bond donors (Lipinski definition) is 0. The van der Waals surface area contributed by atoms with Crippen molar-refractivity contribution in [3.05, 3.63) is 29.8 Å². The van der Waals surface area contributed by atoms with E-state index in [9.17, 15) is 13.2 Å². The third kappa shape index (κ3) is 4.33. The van der Waals surface area contributed by atoms with Crippen LogP contribution in [0.15, 0.2) is 29.2 Å². The number of esters is 1. The van der Waals surface area contributed by atoms with E-state index in [0.717, 1.165) is 12.7 Å². The Kier molecular flexibility index (Phi) is 5.50. The Bertz CT molecular complexity index is 518. The SMILES string of the molecule is COC(=O)CCC(C)c1ccc(S(=O)(=O)OC)cc1. The van der Waals surface area contributed by atoms with E-state index in [1.54, 1.807) is 12.1 Å². The van der Waals surface area contributed by atoms with Gasteiger partial charge in [0, 0.05) is 6.42 Å². The molecule has 106 valence electrons. The summed E-state index contributed by atoms with van der Waals surface area (Å²) in [5.41, 5.74) is 0.971.